The number of rotatable bonds is 9. The molecule has 3 aromatic rings. The molecule has 0 saturated heterocycles. The van der Waals surface area contributed by atoms with Gasteiger partial charge in [-0.05, 0) is 28.8 Å². The van der Waals surface area contributed by atoms with Crippen LogP contribution in [-0.2, 0) is 23.2 Å². The summed E-state index contributed by atoms with van der Waals surface area (Å²) < 4.78 is 32.7. The van der Waals surface area contributed by atoms with Crippen molar-refractivity contribution in [2.45, 2.75) is 19.3 Å². The van der Waals surface area contributed by atoms with Crippen molar-refractivity contribution in [1.82, 2.24) is 0 Å². The lowest BCUT2D eigenvalue weighted by Crippen LogP contribution is -2.30. The van der Waals surface area contributed by atoms with Gasteiger partial charge in [0.05, 0.1) is 30.5 Å². The van der Waals surface area contributed by atoms with Gasteiger partial charge in [0, 0.05) is 0 Å². The topological polar surface area (TPSA) is 66.8 Å². The lowest BCUT2D eigenvalue weighted by Gasteiger charge is -2.26. The van der Waals surface area contributed by atoms with Crippen molar-refractivity contribution in [2.75, 3.05) is 16.4 Å². The molecule has 0 aliphatic carbocycles. The minimum absolute atomic E-state index is 0.00121. The van der Waals surface area contributed by atoms with E-state index in [9.17, 15) is 13.5 Å². The van der Waals surface area contributed by atoms with Gasteiger partial charge in [0.25, 0.3) is 0 Å². The number of anilines is 1. The Morgan fingerprint density at radius 3 is 2.13 bits per heavy atom. The monoisotopic (exact) mass is 445 g/mol. The number of aliphatic hydroxyl groups is 1. The Bertz CT molecular complexity index is 1060. The first kappa shape index (κ1) is 22.2. The molecule has 3 rings (SSSR count). The van der Waals surface area contributed by atoms with E-state index < -0.39 is 16.1 Å². The molecule has 0 heterocycles. The first-order valence-corrected chi connectivity index (χ1v) is 11.8. The standard InChI is InChI=1S/C23H24ClNO4S/c1-30(27,28)25(16-18-8-4-2-5-9-18)21-14-20(22(26)15-24)12-13-23(21)29-17-19-10-6-3-7-11-19/h2-14,22,26H,15-17H2,1H3/t22-/m0/s1. The molecule has 0 amide bonds. The van der Waals surface area contributed by atoms with E-state index in [0.717, 1.165) is 17.4 Å². The van der Waals surface area contributed by atoms with Crippen LogP contribution in [0, 0.1) is 0 Å². The Labute approximate surface area is 182 Å². The molecule has 3 aromatic carbocycles. The van der Waals surface area contributed by atoms with E-state index in [1.165, 1.54) is 4.31 Å². The van der Waals surface area contributed by atoms with Crippen molar-refractivity contribution in [3.63, 3.8) is 0 Å². The lowest BCUT2D eigenvalue weighted by atomic mass is 10.1. The van der Waals surface area contributed by atoms with E-state index in [1.54, 1.807) is 18.2 Å². The highest BCUT2D eigenvalue weighted by atomic mass is 35.5. The number of ether oxygens (including phenoxy) is 1. The van der Waals surface area contributed by atoms with Gasteiger partial charge in [-0.15, -0.1) is 11.6 Å². The van der Waals surface area contributed by atoms with Crippen molar-refractivity contribution in [3.05, 3.63) is 95.6 Å². The number of hydrogen-bond donors (Lipinski definition) is 1. The predicted molar refractivity (Wildman–Crippen MR) is 120 cm³/mol. The molecule has 0 fully saturated rings. The third kappa shape index (κ3) is 5.75. The second-order valence-corrected chi connectivity index (χ2v) is 9.14. The fourth-order valence-electron chi connectivity index (χ4n) is 3.01. The van der Waals surface area contributed by atoms with Gasteiger partial charge in [-0.3, -0.25) is 4.31 Å². The lowest BCUT2D eigenvalue weighted by molar-refractivity contribution is 0.202. The van der Waals surface area contributed by atoms with Gasteiger partial charge in [-0.2, -0.15) is 0 Å². The van der Waals surface area contributed by atoms with Gasteiger partial charge in [-0.1, -0.05) is 66.7 Å². The first-order valence-electron chi connectivity index (χ1n) is 9.45. The zero-order valence-electron chi connectivity index (χ0n) is 16.6. The van der Waals surface area contributed by atoms with Gasteiger partial charge in [0.2, 0.25) is 10.0 Å². The van der Waals surface area contributed by atoms with E-state index in [0.29, 0.717) is 17.0 Å². The molecule has 158 valence electrons. The Morgan fingerprint density at radius 1 is 0.967 bits per heavy atom. The third-order valence-corrected chi connectivity index (χ3v) is 6.01. The molecule has 0 unspecified atom stereocenters. The highest BCUT2D eigenvalue weighted by molar-refractivity contribution is 7.92. The normalized spacial score (nSPS) is 12.4. The summed E-state index contributed by atoms with van der Waals surface area (Å²) in [6.45, 7) is 0.427. The largest absolute Gasteiger partial charge is 0.487 e. The van der Waals surface area contributed by atoms with Crippen LogP contribution in [0.15, 0.2) is 78.9 Å². The summed E-state index contributed by atoms with van der Waals surface area (Å²) in [5, 5.41) is 10.2. The average molecular weight is 446 g/mol. The molecule has 0 radical (unpaired) electrons. The van der Waals surface area contributed by atoms with Crippen LogP contribution in [0.3, 0.4) is 0 Å². The van der Waals surface area contributed by atoms with Crippen LogP contribution in [0.1, 0.15) is 22.8 Å². The van der Waals surface area contributed by atoms with E-state index in [2.05, 4.69) is 0 Å². The third-order valence-electron chi connectivity index (χ3n) is 4.59. The number of hydrogen-bond acceptors (Lipinski definition) is 4. The summed E-state index contributed by atoms with van der Waals surface area (Å²) in [6.07, 6.45) is 0.244. The Morgan fingerprint density at radius 2 is 1.57 bits per heavy atom. The van der Waals surface area contributed by atoms with Crippen molar-refractivity contribution in [3.8, 4) is 5.75 Å². The summed E-state index contributed by atoms with van der Waals surface area (Å²) >= 11 is 5.81. The molecule has 5 nitrogen and oxygen atoms in total. The Balaban J connectivity index is 2.01. The highest BCUT2D eigenvalue weighted by Crippen LogP contribution is 2.35. The Hall–Kier alpha value is -2.54. The summed E-state index contributed by atoms with van der Waals surface area (Å²) in [5.74, 6) is 0.409. The van der Waals surface area contributed by atoms with Crippen molar-refractivity contribution in [1.29, 1.82) is 0 Å². The molecular formula is C23H24ClNO4S. The number of halogens is 1. The highest BCUT2D eigenvalue weighted by Gasteiger charge is 2.23. The van der Waals surface area contributed by atoms with Crippen LogP contribution in [0.4, 0.5) is 5.69 Å². The zero-order chi connectivity index (χ0) is 21.6. The smallest absolute Gasteiger partial charge is 0.232 e. The maximum absolute atomic E-state index is 12.7. The predicted octanol–water partition coefficient (Wildman–Crippen LogP) is 4.50. The van der Waals surface area contributed by atoms with Gasteiger partial charge in [0.1, 0.15) is 12.4 Å². The summed E-state index contributed by atoms with van der Waals surface area (Å²) in [7, 11) is -3.63. The van der Waals surface area contributed by atoms with Crippen molar-refractivity contribution >= 4 is 27.3 Å². The molecule has 0 aromatic heterocycles. The molecular weight excluding hydrogens is 422 g/mol. The quantitative estimate of drug-likeness (QED) is 0.492. The molecule has 0 aliphatic rings. The Kier molecular flexibility index (Phi) is 7.37. The minimum Gasteiger partial charge on any atom is -0.487 e. The van der Waals surface area contributed by atoms with E-state index in [4.69, 9.17) is 16.3 Å². The molecule has 0 spiro atoms. The van der Waals surface area contributed by atoms with Crippen LogP contribution < -0.4 is 9.04 Å². The van der Waals surface area contributed by atoms with Crippen molar-refractivity contribution in [2.24, 2.45) is 0 Å². The molecule has 0 bridgehead atoms. The second-order valence-electron chi connectivity index (χ2n) is 6.93. The van der Waals surface area contributed by atoms with E-state index in [1.807, 2.05) is 60.7 Å². The number of benzene rings is 3. The van der Waals surface area contributed by atoms with Crippen LogP contribution in [0.5, 0.6) is 5.75 Å². The fraction of sp³-hybridized carbons (Fsp3) is 0.217. The molecule has 1 N–H and O–H groups in total. The van der Waals surface area contributed by atoms with Gasteiger partial charge < -0.3 is 9.84 Å². The summed E-state index contributed by atoms with van der Waals surface area (Å²) in [6, 6.07) is 23.9. The van der Waals surface area contributed by atoms with Gasteiger partial charge in [-0.25, -0.2) is 8.42 Å². The zero-order valence-corrected chi connectivity index (χ0v) is 18.2. The molecule has 7 heteroatoms. The minimum atomic E-state index is -3.63. The van der Waals surface area contributed by atoms with Gasteiger partial charge in [0.15, 0.2) is 0 Å². The van der Waals surface area contributed by atoms with Crippen LogP contribution >= 0.6 is 11.6 Å². The number of nitrogens with zero attached hydrogens (tertiary/aromatic N) is 1. The van der Waals surface area contributed by atoms with E-state index in [-0.39, 0.29) is 19.0 Å². The number of aliphatic hydroxyl groups excluding tert-OH is 1. The molecule has 0 saturated carbocycles. The van der Waals surface area contributed by atoms with Crippen LogP contribution in [0.2, 0.25) is 0 Å². The summed E-state index contributed by atoms with van der Waals surface area (Å²) in [4.78, 5) is 0. The van der Waals surface area contributed by atoms with Crippen LogP contribution in [0.25, 0.3) is 0 Å². The molecule has 1 atom stereocenters. The van der Waals surface area contributed by atoms with Crippen LogP contribution in [-0.4, -0.2) is 25.7 Å². The second kappa shape index (κ2) is 9.98. The van der Waals surface area contributed by atoms with E-state index >= 15 is 0 Å². The number of sulfonamides is 1. The number of alkyl halides is 1. The maximum Gasteiger partial charge on any atom is 0.232 e. The summed E-state index contributed by atoms with van der Waals surface area (Å²) in [5.41, 5.74) is 2.68. The maximum atomic E-state index is 12.7. The van der Waals surface area contributed by atoms with Gasteiger partial charge >= 0.3 is 0 Å². The molecule has 30 heavy (non-hydrogen) atoms. The van der Waals surface area contributed by atoms with Crippen molar-refractivity contribution < 1.29 is 18.3 Å². The molecule has 0 aliphatic heterocycles. The fourth-order valence-corrected chi connectivity index (χ4v) is 4.08. The average Bonchev–Trinajstić information content (AvgIpc) is 2.76. The SMILES string of the molecule is CS(=O)(=O)N(Cc1ccccc1)c1cc([C@@H](O)CCl)ccc1OCc1ccccc1. The first-order chi connectivity index (χ1) is 14.4.